The van der Waals surface area contributed by atoms with Gasteiger partial charge in [-0.05, 0) is 37.2 Å². The van der Waals surface area contributed by atoms with Gasteiger partial charge in [-0.25, -0.2) is 4.79 Å². The lowest BCUT2D eigenvalue weighted by atomic mass is 10.0. The molecule has 3 aromatic rings. The van der Waals surface area contributed by atoms with Crippen molar-refractivity contribution in [3.63, 3.8) is 0 Å². The molecular formula is C16H18N2O3. The van der Waals surface area contributed by atoms with Crippen LogP contribution in [0.25, 0.3) is 11.1 Å². The number of benzene rings is 1. The average molecular weight is 286 g/mol. The molecule has 0 fully saturated rings. The van der Waals surface area contributed by atoms with Gasteiger partial charge in [-0.2, -0.15) is 0 Å². The highest BCUT2D eigenvalue weighted by Crippen LogP contribution is 2.26. The molecule has 1 atom stereocenters. The number of oxazole rings is 1. The molecule has 0 bridgehead atoms. The van der Waals surface area contributed by atoms with E-state index in [2.05, 4.69) is 12.2 Å². The van der Waals surface area contributed by atoms with Gasteiger partial charge in [-0.1, -0.05) is 13.0 Å². The van der Waals surface area contributed by atoms with E-state index in [1.54, 1.807) is 13.3 Å². The molecule has 2 aromatic heterocycles. The van der Waals surface area contributed by atoms with Gasteiger partial charge in [0.2, 0.25) is 0 Å². The highest BCUT2D eigenvalue weighted by Gasteiger charge is 2.17. The van der Waals surface area contributed by atoms with Crippen LogP contribution in [0.3, 0.4) is 0 Å². The maximum Gasteiger partial charge on any atom is 0.419 e. The molecule has 0 aliphatic carbocycles. The number of nitrogens with one attached hydrogen (secondary N) is 1. The van der Waals surface area contributed by atoms with Crippen molar-refractivity contribution in [1.82, 2.24) is 9.88 Å². The lowest BCUT2D eigenvalue weighted by molar-refractivity contribution is 0.523. The van der Waals surface area contributed by atoms with Crippen molar-refractivity contribution >= 4 is 11.1 Å². The van der Waals surface area contributed by atoms with Crippen LogP contribution in [-0.2, 0) is 7.05 Å². The Morgan fingerprint density at radius 1 is 1.29 bits per heavy atom. The van der Waals surface area contributed by atoms with Crippen LogP contribution in [0.1, 0.15) is 29.9 Å². The maximum atomic E-state index is 11.6. The Kier molecular flexibility index (Phi) is 3.43. The van der Waals surface area contributed by atoms with Crippen molar-refractivity contribution in [3.8, 4) is 0 Å². The topological polar surface area (TPSA) is 60.3 Å². The fraction of sp³-hybridized carbons (Fsp3) is 0.312. The van der Waals surface area contributed by atoms with Crippen LogP contribution in [0.5, 0.6) is 0 Å². The SMILES string of the molecule is CCNC(c1coc(C)c1)c1ccc2c(c1)oc(=O)n2C. The van der Waals surface area contributed by atoms with E-state index in [1.165, 1.54) is 4.57 Å². The molecule has 1 unspecified atom stereocenters. The highest BCUT2D eigenvalue weighted by molar-refractivity contribution is 5.74. The zero-order chi connectivity index (χ0) is 15.0. The molecule has 21 heavy (non-hydrogen) atoms. The Morgan fingerprint density at radius 2 is 2.10 bits per heavy atom. The fourth-order valence-corrected chi connectivity index (χ4v) is 2.58. The van der Waals surface area contributed by atoms with Gasteiger partial charge < -0.3 is 14.2 Å². The van der Waals surface area contributed by atoms with Crippen molar-refractivity contribution in [1.29, 1.82) is 0 Å². The van der Waals surface area contributed by atoms with Gasteiger partial charge in [0, 0.05) is 12.6 Å². The second kappa shape index (κ2) is 5.26. The molecule has 3 rings (SSSR count). The molecule has 0 saturated heterocycles. The molecule has 0 amide bonds. The molecule has 2 heterocycles. The van der Waals surface area contributed by atoms with Gasteiger partial charge in [-0.3, -0.25) is 4.57 Å². The second-order valence-corrected chi connectivity index (χ2v) is 5.14. The summed E-state index contributed by atoms with van der Waals surface area (Å²) in [7, 11) is 1.70. The molecule has 1 aromatic carbocycles. The number of fused-ring (bicyclic) bond motifs is 1. The smallest absolute Gasteiger partial charge is 0.419 e. The number of aromatic nitrogens is 1. The molecule has 1 N–H and O–H groups in total. The van der Waals surface area contributed by atoms with Gasteiger partial charge in [0.05, 0.1) is 17.8 Å². The van der Waals surface area contributed by atoms with Crippen LogP contribution >= 0.6 is 0 Å². The van der Waals surface area contributed by atoms with E-state index in [-0.39, 0.29) is 11.8 Å². The van der Waals surface area contributed by atoms with Gasteiger partial charge in [0.25, 0.3) is 0 Å². The maximum absolute atomic E-state index is 11.6. The first-order chi connectivity index (χ1) is 10.1. The fourth-order valence-electron chi connectivity index (χ4n) is 2.58. The van der Waals surface area contributed by atoms with E-state index < -0.39 is 0 Å². The first-order valence-electron chi connectivity index (χ1n) is 6.98. The molecule has 110 valence electrons. The van der Waals surface area contributed by atoms with Crippen LogP contribution in [0, 0.1) is 6.92 Å². The Labute approximate surface area is 122 Å². The molecule has 0 aliphatic rings. The van der Waals surface area contributed by atoms with Crippen molar-refractivity contribution in [2.24, 2.45) is 7.05 Å². The first-order valence-corrected chi connectivity index (χ1v) is 6.98. The van der Waals surface area contributed by atoms with Gasteiger partial charge >= 0.3 is 5.76 Å². The average Bonchev–Trinajstić information content (AvgIpc) is 3.01. The van der Waals surface area contributed by atoms with Gasteiger partial charge in [-0.15, -0.1) is 0 Å². The minimum absolute atomic E-state index is 0.0161. The van der Waals surface area contributed by atoms with Crippen LogP contribution < -0.4 is 11.1 Å². The molecular weight excluding hydrogens is 268 g/mol. The zero-order valence-corrected chi connectivity index (χ0v) is 12.3. The third-order valence-corrected chi connectivity index (χ3v) is 3.64. The molecule has 5 heteroatoms. The van der Waals surface area contributed by atoms with E-state index in [0.717, 1.165) is 28.9 Å². The first kappa shape index (κ1) is 13.7. The number of furan rings is 1. The summed E-state index contributed by atoms with van der Waals surface area (Å²) in [6.45, 7) is 4.80. The van der Waals surface area contributed by atoms with Crippen molar-refractivity contribution < 1.29 is 8.83 Å². The summed E-state index contributed by atoms with van der Waals surface area (Å²) in [4.78, 5) is 11.6. The Balaban J connectivity index is 2.09. The second-order valence-electron chi connectivity index (χ2n) is 5.14. The van der Waals surface area contributed by atoms with E-state index in [0.29, 0.717) is 5.58 Å². The van der Waals surface area contributed by atoms with Crippen LogP contribution in [0.2, 0.25) is 0 Å². The molecule has 0 saturated carbocycles. The quantitative estimate of drug-likeness (QED) is 0.801. The number of aryl methyl sites for hydroxylation is 2. The van der Waals surface area contributed by atoms with Crippen molar-refractivity contribution in [2.75, 3.05) is 6.54 Å². The summed E-state index contributed by atoms with van der Waals surface area (Å²) >= 11 is 0. The standard InChI is InChI=1S/C16H18N2O3/c1-4-17-15(12-7-10(2)20-9-12)11-5-6-13-14(8-11)21-16(19)18(13)3/h5-9,15,17H,4H2,1-3H3. The largest absolute Gasteiger partial charge is 0.469 e. The van der Waals surface area contributed by atoms with Crippen molar-refractivity contribution in [2.45, 2.75) is 19.9 Å². The number of rotatable bonds is 4. The van der Waals surface area contributed by atoms with Crippen LogP contribution in [0.15, 0.2) is 44.2 Å². The van der Waals surface area contributed by atoms with E-state index in [1.807, 2.05) is 31.2 Å². The van der Waals surface area contributed by atoms with E-state index in [9.17, 15) is 4.79 Å². The minimum atomic E-state index is -0.346. The monoisotopic (exact) mass is 286 g/mol. The van der Waals surface area contributed by atoms with Crippen LogP contribution in [-0.4, -0.2) is 11.1 Å². The number of hydrogen-bond acceptors (Lipinski definition) is 4. The normalized spacial score (nSPS) is 12.9. The molecule has 0 aliphatic heterocycles. The van der Waals surface area contributed by atoms with E-state index in [4.69, 9.17) is 8.83 Å². The summed E-state index contributed by atoms with van der Waals surface area (Å²) in [5, 5.41) is 3.43. The van der Waals surface area contributed by atoms with Crippen LogP contribution in [0.4, 0.5) is 0 Å². The Morgan fingerprint density at radius 3 is 2.76 bits per heavy atom. The third-order valence-electron chi connectivity index (χ3n) is 3.64. The summed E-state index contributed by atoms with van der Waals surface area (Å²) in [6, 6.07) is 7.85. The van der Waals surface area contributed by atoms with E-state index >= 15 is 0 Å². The number of hydrogen-bond donors (Lipinski definition) is 1. The van der Waals surface area contributed by atoms with Gasteiger partial charge in [0.15, 0.2) is 5.58 Å². The predicted molar refractivity (Wildman–Crippen MR) is 80.4 cm³/mol. The molecule has 5 nitrogen and oxygen atoms in total. The third kappa shape index (κ3) is 2.40. The summed E-state index contributed by atoms with van der Waals surface area (Å²) < 4.78 is 12.2. The summed E-state index contributed by atoms with van der Waals surface area (Å²) in [6.07, 6.45) is 1.76. The minimum Gasteiger partial charge on any atom is -0.469 e. The zero-order valence-electron chi connectivity index (χ0n) is 12.3. The highest BCUT2D eigenvalue weighted by atomic mass is 16.4. The predicted octanol–water partition coefficient (Wildman–Crippen LogP) is 2.73. The Bertz CT molecular complexity index is 826. The Hall–Kier alpha value is -2.27. The summed E-state index contributed by atoms with van der Waals surface area (Å²) in [5.74, 6) is 0.529. The lowest BCUT2D eigenvalue weighted by Crippen LogP contribution is -2.21. The van der Waals surface area contributed by atoms with Crippen molar-refractivity contribution in [3.05, 3.63) is 58.0 Å². The summed E-state index contributed by atoms with van der Waals surface area (Å²) in [5.41, 5.74) is 3.50. The number of nitrogens with zero attached hydrogens (tertiary/aromatic N) is 1. The lowest BCUT2D eigenvalue weighted by Gasteiger charge is -2.16. The molecule has 0 radical (unpaired) electrons. The molecule has 0 spiro atoms. The van der Waals surface area contributed by atoms with Gasteiger partial charge in [0.1, 0.15) is 5.76 Å².